The second-order valence-electron chi connectivity index (χ2n) is 3.31. The van der Waals surface area contributed by atoms with Gasteiger partial charge in [0.2, 0.25) is 10.0 Å². The van der Waals surface area contributed by atoms with E-state index in [9.17, 15) is 13.2 Å². The summed E-state index contributed by atoms with van der Waals surface area (Å²) in [5.74, 6) is 0.0304. The molecular formula is C10H12BrNO3S. The fourth-order valence-electron chi connectivity index (χ4n) is 1.17. The molecule has 0 amide bonds. The molecule has 0 radical (unpaired) electrons. The van der Waals surface area contributed by atoms with Gasteiger partial charge in [-0.3, -0.25) is 9.52 Å². The van der Waals surface area contributed by atoms with Crippen LogP contribution >= 0.6 is 15.9 Å². The standard InChI is InChI=1S/C10H12BrNO3S/c1-16(14,15)12-9-4-2-8(3-5-9)10(13)6-7-11/h2-5,12H,6-7H2,1H3. The summed E-state index contributed by atoms with van der Waals surface area (Å²) in [7, 11) is -3.26. The Morgan fingerprint density at radius 3 is 2.31 bits per heavy atom. The predicted octanol–water partition coefficient (Wildman–Crippen LogP) is 2.03. The molecule has 16 heavy (non-hydrogen) atoms. The number of benzene rings is 1. The number of nitrogens with one attached hydrogen (secondary N) is 1. The summed E-state index contributed by atoms with van der Waals surface area (Å²) >= 11 is 3.19. The Hall–Kier alpha value is -0.880. The smallest absolute Gasteiger partial charge is 0.229 e. The molecule has 6 heteroatoms. The van der Waals surface area contributed by atoms with Crippen LogP contribution in [-0.4, -0.2) is 25.8 Å². The first kappa shape index (κ1) is 13.2. The van der Waals surface area contributed by atoms with Crippen LogP contribution in [0.4, 0.5) is 5.69 Å². The number of hydrogen-bond donors (Lipinski definition) is 1. The average molecular weight is 306 g/mol. The number of sulfonamides is 1. The minimum Gasteiger partial charge on any atom is -0.294 e. The Balaban J connectivity index is 2.79. The number of carbonyl (C=O) groups is 1. The van der Waals surface area contributed by atoms with Crippen LogP contribution in [0.15, 0.2) is 24.3 Å². The van der Waals surface area contributed by atoms with Crippen LogP contribution in [0.3, 0.4) is 0 Å². The van der Waals surface area contributed by atoms with Gasteiger partial charge in [-0.15, -0.1) is 0 Å². The number of anilines is 1. The van der Waals surface area contributed by atoms with Gasteiger partial charge >= 0.3 is 0 Å². The number of halogens is 1. The lowest BCUT2D eigenvalue weighted by Gasteiger charge is -2.04. The summed E-state index contributed by atoms with van der Waals surface area (Å²) in [6, 6.07) is 6.36. The fourth-order valence-corrected chi connectivity index (χ4v) is 2.09. The van der Waals surface area contributed by atoms with Crippen LogP contribution in [0.5, 0.6) is 0 Å². The molecule has 0 saturated heterocycles. The maximum absolute atomic E-state index is 11.5. The molecule has 1 aromatic carbocycles. The van der Waals surface area contributed by atoms with Gasteiger partial charge in [-0.05, 0) is 24.3 Å². The molecule has 1 rings (SSSR count). The Morgan fingerprint density at radius 2 is 1.88 bits per heavy atom. The quantitative estimate of drug-likeness (QED) is 0.669. The largest absolute Gasteiger partial charge is 0.294 e. The van der Waals surface area contributed by atoms with Crippen molar-refractivity contribution in [2.75, 3.05) is 16.3 Å². The number of alkyl halides is 1. The minimum absolute atomic E-state index is 0.0304. The number of rotatable bonds is 5. The second-order valence-corrected chi connectivity index (χ2v) is 5.86. The van der Waals surface area contributed by atoms with Gasteiger partial charge in [0.15, 0.2) is 5.78 Å². The number of Topliss-reactive ketones (excluding diaryl/α,β-unsaturated/α-hetero) is 1. The van der Waals surface area contributed by atoms with Gasteiger partial charge in [-0.2, -0.15) is 0 Å². The zero-order chi connectivity index (χ0) is 12.2. The van der Waals surface area contributed by atoms with Crippen molar-refractivity contribution in [1.29, 1.82) is 0 Å². The Kier molecular flexibility index (Phi) is 4.49. The molecule has 0 saturated carbocycles. The molecule has 4 nitrogen and oxygen atoms in total. The van der Waals surface area contributed by atoms with E-state index in [-0.39, 0.29) is 5.78 Å². The first-order valence-electron chi connectivity index (χ1n) is 4.59. The number of carbonyl (C=O) groups excluding carboxylic acids is 1. The summed E-state index contributed by atoms with van der Waals surface area (Å²) in [4.78, 5) is 11.5. The summed E-state index contributed by atoms with van der Waals surface area (Å²) < 4.78 is 24.2. The highest BCUT2D eigenvalue weighted by atomic mass is 79.9. The van der Waals surface area contributed by atoms with Crippen molar-refractivity contribution in [3.8, 4) is 0 Å². The maximum atomic E-state index is 11.5. The molecule has 0 aliphatic rings. The van der Waals surface area contributed by atoms with E-state index in [0.717, 1.165) is 6.26 Å². The van der Waals surface area contributed by atoms with Gasteiger partial charge in [0.25, 0.3) is 0 Å². The van der Waals surface area contributed by atoms with Crippen LogP contribution in [0, 0.1) is 0 Å². The van der Waals surface area contributed by atoms with Crippen LogP contribution in [0.2, 0.25) is 0 Å². The molecule has 0 unspecified atom stereocenters. The summed E-state index contributed by atoms with van der Waals surface area (Å²) in [6.07, 6.45) is 1.51. The number of ketones is 1. The molecule has 0 atom stereocenters. The summed E-state index contributed by atoms with van der Waals surface area (Å²) in [5.41, 5.74) is 1.04. The molecule has 0 heterocycles. The highest BCUT2D eigenvalue weighted by Gasteiger charge is 2.06. The fraction of sp³-hybridized carbons (Fsp3) is 0.300. The lowest BCUT2D eigenvalue weighted by Crippen LogP contribution is -2.09. The van der Waals surface area contributed by atoms with Crippen LogP contribution in [0.1, 0.15) is 16.8 Å². The zero-order valence-electron chi connectivity index (χ0n) is 8.73. The topological polar surface area (TPSA) is 63.2 Å². The van der Waals surface area contributed by atoms with E-state index in [1.54, 1.807) is 24.3 Å². The third kappa shape index (κ3) is 4.32. The molecule has 1 aromatic rings. The molecule has 0 aliphatic heterocycles. The lowest BCUT2D eigenvalue weighted by atomic mass is 10.1. The first-order chi connectivity index (χ1) is 7.42. The van der Waals surface area contributed by atoms with Crippen LogP contribution < -0.4 is 4.72 Å². The summed E-state index contributed by atoms with van der Waals surface area (Å²) in [6.45, 7) is 0. The van der Waals surface area contributed by atoms with Gasteiger partial charge in [-0.1, -0.05) is 15.9 Å². The van der Waals surface area contributed by atoms with E-state index < -0.39 is 10.0 Å². The van der Waals surface area contributed by atoms with Crippen molar-refractivity contribution < 1.29 is 13.2 Å². The van der Waals surface area contributed by atoms with Crippen LogP contribution in [-0.2, 0) is 10.0 Å². The van der Waals surface area contributed by atoms with Gasteiger partial charge in [0.1, 0.15) is 0 Å². The normalized spacial score (nSPS) is 11.1. The minimum atomic E-state index is -3.26. The van der Waals surface area contributed by atoms with Gasteiger partial charge in [0, 0.05) is 23.0 Å². The molecule has 0 aliphatic carbocycles. The van der Waals surface area contributed by atoms with Crippen molar-refractivity contribution in [3.05, 3.63) is 29.8 Å². The van der Waals surface area contributed by atoms with Gasteiger partial charge in [-0.25, -0.2) is 8.42 Å². The van der Waals surface area contributed by atoms with Crippen molar-refractivity contribution in [3.63, 3.8) is 0 Å². The first-order valence-corrected chi connectivity index (χ1v) is 7.60. The SMILES string of the molecule is CS(=O)(=O)Nc1ccc(C(=O)CCBr)cc1. The van der Waals surface area contributed by atoms with E-state index in [0.29, 0.717) is 23.0 Å². The monoisotopic (exact) mass is 305 g/mol. The predicted molar refractivity (Wildman–Crippen MR) is 67.7 cm³/mol. The molecule has 0 aromatic heterocycles. The van der Waals surface area contributed by atoms with E-state index >= 15 is 0 Å². The molecular weight excluding hydrogens is 294 g/mol. The van der Waals surface area contributed by atoms with Gasteiger partial charge in [0.05, 0.1) is 6.26 Å². The van der Waals surface area contributed by atoms with Gasteiger partial charge < -0.3 is 0 Å². The third-order valence-electron chi connectivity index (χ3n) is 1.83. The Morgan fingerprint density at radius 1 is 1.31 bits per heavy atom. The van der Waals surface area contributed by atoms with Crippen molar-refractivity contribution in [2.24, 2.45) is 0 Å². The van der Waals surface area contributed by atoms with E-state index in [1.165, 1.54) is 0 Å². The molecule has 0 fully saturated rings. The lowest BCUT2D eigenvalue weighted by molar-refractivity contribution is 0.0990. The van der Waals surface area contributed by atoms with E-state index in [4.69, 9.17) is 0 Å². The Bertz CT molecular complexity index is 467. The van der Waals surface area contributed by atoms with Crippen molar-refractivity contribution >= 4 is 37.4 Å². The number of hydrogen-bond acceptors (Lipinski definition) is 3. The average Bonchev–Trinajstić information content (AvgIpc) is 2.16. The molecule has 0 bridgehead atoms. The zero-order valence-corrected chi connectivity index (χ0v) is 11.1. The van der Waals surface area contributed by atoms with Crippen molar-refractivity contribution in [2.45, 2.75) is 6.42 Å². The highest BCUT2D eigenvalue weighted by Crippen LogP contribution is 2.12. The molecule has 1 N–H and O–H groups in total. The Labute approximate surface area is 103 Å². The van der Waals surface area contributed by atoms with E-state index in [2.05, 4.69) is 20.7 Å². The highest BCUT2D eigenvalue weighted by molar-refractivity contribution is 9.09. The molecule has 0 spiro atoms. The van der Waals surface area contributed by atoms with Crippen LogP contribution in [0.25, 0.3) is 0 Å². The third-order valence-corrected chi connectivity index (χ3v) is 2.83. The second kappa shape index (κ2) is 5.45. The van der Waals surface area contributed by atoms with E-state index in [1.807, 2.05) is 0 Å². The molecule has 88 valence electrons. The van der Waals surface area contributed by atoms with Crippen molar-refractivity contribution in [1.82, 2.24) is 0 Å². The maximum Gasteiger partial charge on any atom is 0.229 e. The summed E-state index contributed by atoms with van der Waals surface area (Å²) in [5, 5.41) is 0.620.